The molecule has 0 aromatic carbocycles. The summed E-state index contributed by atoms with van der Waals surface area (Å²) in [6, 6.07) is 0.220. The largest absolute Gasteiger partial charge is 0.369 e. The van der Waals surface area contributed by atoms with Crippen molar-refractivity contribution >= 4 is 11.9 Å². The van der Waals surface area contributed by atoms with Crippen molar-refractivity contribution in [2.45, 2.75) is 52.5 Å². The van der Waals surface area contributed by atoms with Crippen LogP contribution in [0, 0.1) is 17.8 Å². The van der Waals surface area contributed by atoms with Crippen molar-refractivity contribution in [1.29, 1.82) is 0 Å². The molecule has 1 saturated carbocycles. The van der Waals surface area contributed by atoms with Gasteiger partial charge in [-0.15, -0.1) is 0 Å². The Labute approximate surface area is 126 Å². The van der Waals surface area contributed by atoms with Gasteiger partial charge in [0.15, 0.2) is 0 Å². The maximum absolute atomic E-state index is 11.9. The van der Waals surface area contributed by atoms with Gasteiger partial charge in [-0.3, -0.25) is 9.69 Å². The van der Waals surface area contributed by atoms with Crippen LogP contribution in [0.25, 0.3) is 0 Å². The summed E-state index contributed by atoms with van der Waals surface area (Å²) >= 11 is 0. The quantitative estimate of drug-likeness (QED) is 0.849. The highest BCUT2D eigenvalue weighted by molar-refractivity contribution is 5.97. The van der Waals surface area contributed by atoms with Gasteiger partial charge in [-0.1, -0.05) is 26.0 Å². The topological polar surface area (TPSA) is 58.7 Å². The van der Waals surface area contributed by atoms with Crippen LogP contribution < -0.4 is 5.73 Å². The highest BCUT2D eigenvalue weighted by Crippen LogP contribution is 2.51. The summed E-state index contributed by atoms with van der Waals surface area (Å²) in [6.07, 6.45) is 8.89. The summed E-state index contributed by atoms with van der Waals surface area (Å²) in [5.74, 6) is 1.97. The van der Waals surface area contributed by atoms with E-state index in [2.05, 4.69) is 31.0 Å². The Morgan fingerprint density at radius 3 is 2.90 bits per heavy atom. The Morgan fingerprint density at radius 1 is 1.48 bits per heavy atom. The first-order valence-corrected chi connectivity index (χ1v) is 8.09. The molecule has 0 unspecified atom stereocenters. The highest BCUT2D eigenvalue weighted by Gasteiger charge is 2.49. The van der Waals surface area contributed by atoms with Crippen molar-refractivity contribution in [3.05, 3.63) is 23.4 Å². The van der Waals surface area contributed by atoms with E-state index in [1.807, 2.05) is 0 Å². The van der Waals surface area contributed by atoms with E-state index >= 15 is 0 Å². The molecular weight excluding hydrogens is 262 g/mol. The second kappa shape index (κ2) is 5.32. The number of carbonyl (C=O) groups is 1. The normalized spacial score (nSPS) is 35.2. The fourth-order valence-electron chi connectivity index (χ4n) is 4.42. The smallest absolute Gasteiger partial charge is 0.226 e. The third-order valence-electron chi connectivity index (χ3n) is 5.24. The molecule has 0 radical (unpaired) electrons. The number of nitrogens with two attached hydrogens (primary N) is 1. The molecule has 2 aliphatic carbocycles. The van der Waals surface area contributed by atoms with Gasteiger partial charge in [-0.05, 0) is 43.1 Å². The van der Waals surface area contributed by atoms with Crippen LogP contribution in [0.2, 0.25) is 0 Å². The molecule has 1 aliphatic heterocycles. The van der Waals surface area contributed by atoms with Crippen LogP contribution in [0.4, 0.5) is 0 Å². The minimum atomic E-state index is 0.0187. The maximum Gasteiger partial charge on any atom is 0.226 e. The Kier molecular flexibility index (Phi) is 3.64. The van der Waals surface area contributed by atoms with Gasteiger partial charge in [0.1, 0.15) is 0 Å². The van der Waals surface area contributed by atoms with E-state index in [1.54, 1.807) is 11.8 Å². The Hall–Kier alpha value is -1.58. The summed E-state index contributed by atoms with van der Waals surface area (Å²) < 4.78 is 0. The zero-order chi connectivity index (χ0) is 15.1. The van der Waals surface area contributed by atoms with Gasteiger partial charge in [0.05, 0.1) is 5.70 Å². The predicted octanol–water partition coefficient (Wildman–Crippen LogP) is 2.82. The van der Waals surface area contributed by atoms with Crippen molar-refractivity contribution in [2.75, 3.05) is 0 Å². The first-order chi connectivity index (χ1) is 10.0. The van der Waals surface area contributed by atoms with Crippen molar-refractivity contribution in [3.63, 3.8) is 0 Å². The van der Waals surface area contributed by atoms with E-state index < -0.39 is 0 Å². The lowest BCUT2D eigenvalue weighted by atomic mass is 9.73. The predicted molar refractivity (Wildman–Crippen MR) is 84.4 cm³/mol. The molecule has 4 atom stereocenters. The standard InChI is InChI=1S/C17H25N3O/c1-4-5-6-13-10(2)9-12-7-8-14-15(12)16(13)19-17(18)20(14)11(3)21/h5-6,10,12,14-15H,4,7-9H2,1-3H3,(H2,18,19)/b6-5+/t10-,12-,14-,15+/m0/s1. The Bertz CT molecular complexity index is 546. The van der Waals surface area contributed by atoms with Gasteiger partial charge < -0.3 is 5.73 Å². The number of hydrogen-bond acceptors (Lipinski definition) is 3. The number of carbonyl (C=O) groups excluding carboxylic acids is 1. The van der Waals surface area contributed by atoms with Gasteiger partial charge in [-0.2, -0.15) is 0 Å². The average Bonchev–Trinajstić information content (AvgIpc) is 2.82. The van der Waals surface area contributed by atoms with E-state index in [9.17, 15) is 4.79 Å². The van der Waals surface area contributed by atoms with Gasteiger partial charge in [0, 0.05) is 18.9 Å². The van der Waals surface area contributed by atoms with Crippen molar-refractivity contribution in [2.24, 2.45) is 28.5 Å². The van der Waals surface area contributed by atoms with E-state index in [-0.39, 0.29) is 11.9 Å². The molecule has 1 amide bonds. The minimum absolute atomic E-state index is 0.0187. The summed E-state index contributed by atoms with van der Waals surface area (Å²) in [4.78, 5) is 18.3. The summed E-state index contributed by atoms with van der Waals surface area (Å²) in [5, 5.41) is 0. The molecule has 0 bridgehead atoms. The number of aliphatic imine (C=N–C) groups is 1. The van der Waals surface area contributed by atoms with Crippen molar-refractivity contribution in [3.8, 4) is 0 Å². The molecule has 0 aromatic heterocycles. The molecule has 0 saturated heterocycles. The van der Waals surface area contributed by atoms with Crippen LogP contribution >= 0.6 is 0 Å². The lowest BCUT2D eigenvalue weighted by Gasteiger charge is -2.42. The van der Waals surface area contributed by atoms with Gasteiger partial charge in [0.25, 0.3) is 0 Å². The van der Waals surface area contributed by atoms with Crippen molar-refractivity contribution < 1.29 is 4.79 Å². The van der Waals surface area contributed by atoms with Gasteiger partial charge >= 0.3 is 0 Å². The fraction of sp³-hybridized carbons (Fsp3) is 0.647. The number of amides is 1. The third-order valence-corrected chi connectivity index (χ3v) is 5.24. The molecular formula is C17H25N3O. The molecule has 114 valence electrons. The van der Waals surface area contributed by atoms with Gasteiger partial charge in [-0.25, -0.2) is 4.99 Å². The van der Waals surface area contributed by atoms with E-state index in [0.29, 0.717) is 23.7 Å². The van der Waals surface area contributed by atoms with E-state index in [4.69, 9.17) is 5.73 Å². The lowest BCUT2D eigenvalue weighted by molar-refractivity contribution is -0.127. The molecule has 1 fully saturated rings. The first kappa shape index (κ1) is 14.4. The Balaban J connectivity index is 2.11. The van der Waals surface area contributed by atoms with Crippen LogP contribution in [0.1, 0.15) is 46.5 Å². The maximum atomic E-state index is 11.9. The molecule has 4 heteroatoms. The SMILES string of the molecule is CC/C=C/C1=C2N=C(N)N(C(C)=O)[C@H]3CC[C@@H](C[C@@H]1C)[C@@H]23. The van der Waals surface area contributed by atoms with Crippen LogP contribution in [0.5, 0.6) is 0 Å². The molecule has 3 aliphatic rings. The number of rotatable bonds is 2. The monoisotopic (exact) mass is 287 g/mol. The van der Waals surface area contributed by atoms with E-state index in [0.717, 1.165) is 18.5 Å². The third kappa shape index (κ3) is 2.21. The van der Waals surface area contributed by atoms with Crippen LogP contribution in [0.15, 0.2) is 28.4 Å². The number of guanidine groups is 1. The summed E-state index contributed by atoms with van der Waals surface area (Å²) in [5.41, 5.74) is 8.59. The molecule has 21 heavy (non-hydrogen) atoms. The summed E-state index contributed by atoms with van der Waals surface area (Å²) in [7, 11) is 0. The first-order valence-electron chi connectivity index (χ1n) is 8.09. The molecule has 4 nitrogen and oxygen atoms in total. The second-order valence-corrected chi connectivity index (χ2v) is 6.58. The number of nitrogens with zero attached hydrogens (tertiary/aromatic N) is 2. The van der Waals surface area contributed by atoms with Crippen LogP contribution in [-0.4, -0.2) is 22.8 Å². The van der Waals surface area contributed by atoms with Crippen LogP contribution in [0.3, 0.4) is 0 Å². The molecule has 0 spiro atoms. The molecule has 0 aromatic rings. The minimum Gasteiger partial charge on any atom is -0.369 e. The van der Waals surface area contributed by atoms with Gasteiger partial charge in [0.2, 0.25) is 11.9 Å². The van der Waals surface area contributed by atoms with Crippen molar-refractivity contribution in [1.82, 2.24) is 4.90 Å². The average molecular weight is 287 g/mol. The van der Waals surface area contributed by atoms with E-state index in [1.165, 1.54) is 18.4 Å². The second-order valence-electron chi connectivity index (χ2n) is 6.58. The zero-order valence-electron chi connectivity index (χ0n) is 13.2. The summed E-state index contributed by atoms with van der Waals surface area (Å²) in [6.45, 7) is 6.02. The molecule has 2 N–H and O–H groups in total. The van der Waals surface area contributed by atoms with Crippen LogP contribution in [-0.2, 0) is 4.79 Å². The molecule has 3 rings (SSSR count). The zero-order valence-corrected chi connectivity index (χ0v) is 13.2. The number of allylic oxidation sites excluding steroid dienone is 3. The number of hydrogen-bond donors (Lipinski definition) is 1. The molecule has 1 heterocycles. The fourth-order valence-corrected chi connectivity index (χ4v) is 4.42. The highest BCUT2D eigenvalue weighted by atomic mass is 16.2. The lowest BCUT2D eigenvalue weighted by Crippen LogP contribution is -2.53. The Morgan fingerprint density at radius 2 is 2.24 bits per heavy atom.